The van der Waals surface area contributed by atoms with Gasteiger partial charge in [-0.1, -0.05) is 11.6 Å². The van der Waals surface area contributed by atoms with Crippen molar-refractivity contribution < 1.29 is 19.1 Å². The lowest BCUT2D eigenvalue weighted by Crippen LogP contribution is -2.34. The second-order valence-electron chi connectivity index (χ2n) is 3.87. The van der Waals surface area contributed by atoms with Crippen LogP contribution in [0.4, 0.5) is 0 Å². The van der Waals surface area contributed by atoms with Crippen LogP contribution in [0.15, 0.2) is 18.2 Å². The Hall–Kier alpha value is -1.79. The largest absolute Gasteiger partial charge is 0.483 e. The van der Waals surface area contributed by atoms with Crippen LogP contribution in [0.1, 0.15) is 10.4 Å². The predicted octanol–water partition coefficient (Wildman–Crippen LogP) is 0.841. The van der Waals surface area contributed by atoms with Crippen LogP contribution in [-0.2, 0) is 9.53 Å². The van der Waals surface area contributed by atoms with E-state index in [2.05, 4.69) is 15.4 Å². The molecule has 6 nitrogen and oxygen atoms in total. The zero-order valence-electron chi connectivity index (χ0n) is 11.4. The summed E-state index contributed by atoms with van der Waals surface area (Å²) in [5.41, 5.74) is 0.183. The highest BCUT2D eigenvalue weighted by Crippen LogP contribution is 2.23. The molecule has 0 aliphatic rings. The molecule has 1 rings (SSSR count). The summed E-state index contributed by atoms with van der Waals surface area (Å²) in [6.45, 7) is 0.985. The first-order valence-electron chi connectivity index (χ1n) is 6.00. The summed E-state index contributed by atoms with van der Waals surface area (Å²) >= 11 is 5.82. The van der Waals surface area contributed by atoms with Gasteiger partial charge in [0.2, 0.25) is 0 Å². The Morgan fingerprint density at radius 1 is 1.30 bits per heavy atom. The molecule has 1 aromatic rings. The van der Waals surface area contributed by atoms with Gasteiger partial charge in [0, 0.05) is 18.1 Å². The van der Waals surface area contributed by atoms with Crippen molar-refractivity contribution in [3.8, 4) is 5.75 Å². The number of rotatable bonds is 7. The highest BCUT2D eigenvalue weighted by atomic mass is 35.5. The van der Waals surface area contributed by atoms with Crippen molar-refractivity contribution >= 4 is 23.5 Å². The van der Waals surface area contributed by atoms with Crippen LogP contribution in [0.25, 0.3) is 0 Å². The number of hydrogen-bond donors (Lipinski definition) is 2. The van der Waals surface area contributed by atoms with Gasteiger partial charge in [0.25, 0.3) is 5.91 Å². The average molecular weight is 301 g/mol. The minimum atomic E-state index is -0.571. The average Bonchev–Trinajstić information content (AvgIpc) is 2.45. The molecule has 0 aliphatic heterocycles. The predicted molar refractivity (Wildman–Crippen MR) is 75.2 cm³/mol. The van der Waals surface area contributed by atoms with Crippen molar-refractivity contribution in [2.24, 2.45) is 0 Å². The Morgan fingerprint density at radius 3 is 2.70 bits per heavy atom. The summed E-state index contributed by atoms with van der Waals surface area (Å²) in [7, 11) is 3.05. The number of benzene rings is 1. The molecule has 0 aliphatic carbocycles. The fourth-order valence-electron chi connectivity index (χ4n) is 1.42. The topological polar surface area (TPSA) is 76.7 Å². The van der Waals surface area contributed by atoms with Crippen LogP contribution < -0.4 is 15.4 Å². The van der Waals surface area contributed by atoms with Gasteiger partial charge in [0.1, 0.15) is 11.3 Å². The molecule has 0 atom stereocenters. The summed E-state index contributed by atoms with van der Waals surface area (Å²) in [5.74, 6) is -0.589. The summed E-state index contributed by atoms with van der Waals surface area (Å²) in [6, 6.07) is 4.53. The summed E-state index contributed by atoms with van der Waals surface area (Å²) in [5, 5.41) is 5.95. The summed E-state index contributed by atoms with van der Waals surface area (Å²) < 4.78 is 9.95. The molecule has 0 aromatic heterocycles. The van der Waals surface area contributed by atoms with Gasteiger partial charge in [-0.3, -0.25) is 4.79 Å². The fraction of sp³-hybridized carbons (Fsp3) is 0.385. The van der Waals surface area contributed by atoms with Crippen molar-refractivity contribution in [1.29, 1.82) is 0 Å². The number of nitrogens with one attached hydrogen (secondary N) is 2. The van der Waals surface area contributed by atoms with Crippen molar-refractivity contribution in [1.82, 2.24) is 10.6 Å². The van der Waals surface area contributed by atoms with Gasteiger partial charge in [-0.15, -0.1) is 0 Å². The third-order valence-electron chi connectivity index (χ3n) is 2.40. The van der Waals surface area contributed by atoms with Gasteiger partial charge in [-0.05, 0) is 25.2 Å². The number of carbonyl (C=O) groups excluding carboxylic acids is 2. The molecule has 0 saturated carbocycles. The minimum Gasteiger partial charge on any atom is -0.483 e. The summed E-state index contributed by atoms with van der Waals surface area (Å²) in [6.07, 6.45) is 0. The van der Waals surface area contributed by atoms with E-state index in [1.54, 1.807) is 13.1 Å². The lowest BCUT2D eigenvalue weighted by atomic mass is 10.2. The van der Waals surface area contributed by atoms with Gasteiger partial charge in [-0.2, -0.15) is 0 Å². The molecule has 1 amide bonds. The van der Waals surface area contributed by atoms with Gasteiger partial charge in [-0.25, -0.2) is 4.79 Å². The van der Waals surface area contributed by atoms with Crippen LogP contribution in [0.2, 0.25) is 5.02 Å². The number of carbonyl (C=O) groups is 2. The maximum absolute atomic E-state index is 11.6. The highest BCUT2D eigenvalue weighted by molar-refractivity contribution is 6.31. The van der Waals surface area contributed by atoms with E-state index >= 15 is 0 Å². The van der Waals surface area contributed by atoms with Crippen LogP contribution >= 0.6 is 11.6 Å². The number of methoxy groups -OCH3 is 1. The fourth-order valence-corrected chi connectivity index (χ4v) is 1.59. The molecule has 0 spiro atoms. The normalized spacial score (nSPS) is 9.95. The SMILES string of the molecule is CNCCNC(=O)COc1ccc(Cl)cc1C(=O)OC. The van der Waals surface area contributed by atoms with Crippen LogP contribution in [-0.4, -0.2) is 45.7 Å². The molecule has 20 heavy (non-hydrogen) atoms. The first-order chi connectivity index (χ1) is 9.58. The minimum absolute atomic E-state index is 0.183. The molecule has 0 bridgehead atoms. The first kappa shape index (κ1) is 16.3. The van der Waals surface area contributed by atoms with E-state index < -0.39 is 5.97 Å². The van der Waals surface area contributed by atoms with E-state index in [1.165, 1.54) is 19.2 Å². The Labute approximate surface area is 122 Å². The maximum atomic E-state index is 11.6. The molecule has 0 fully saturated rings. The van der Waals surface area contributed by atoms with Gasteiger partial charge >= 0.3 is 5.97 Å². The molecule has 0 unspecified atom stereocenters. The smallest absolute Gasteiger partial charge is 0.341 e. The van der Waals surface area contributed by atoms with Crippen LogP contribution in [0.3, 0.4) is 0 Å². The van der Waals surface area contributed by atoms with Gasteiger partial charge in [0.05, 0.1) is 7.11 Å². The molecule has 0 heterocycles. The Kier molecular flexibility index (Phi) is 6.83. The monoisotopic (exact) mass is 300 g/mol. The van der Waals surface area contributed by atoms with E-state index in [4.69, 9.17) is 16.3 Å². The lowest BCUT2D eigenvalue weighted by Gasteiger charge is -2.10. The van der Waals surface area contributed by atoms with Crippen molar-refractivity contribution in [2.75, 3.05) is 33.9 Å². The third kappa shape index (κ3) is 5.07. The van der Waals surface area contributed by atoms with E-state index in [0.717, 1.165) is 0 Å². The highest BCUT2D eigenvalue weighted by Gasteiger charge is 2.14. The van der Waals surface area contributed by atoms with E-state index in [-0.39, 0.29) is 23.8 Å². The Balaban J connectivity index is 2.63. The quantitative estimate of drug-likeness (QED) is 0.576. The number of hydrogen-bond acceptors (Lipinski definition) is 5. The number of likely N-dealkylation sites (N-methyl/N-ethyl adjacent to an activating group) is 1. The second-order valence-corrected chi connectivity index (χ2v) is 4.31. The molecule has 1 aromatic carbocycles. The Bertz CT molecular complexity index is 479. The molecular formula is C13H17ClN2O4. The van der Waals surface area contributed by atoms with E-state index in [0.29, 0.717) is 18.1 Å². The van der Waals surface area contributed by atoms with Gasteiger partial charge in [0.15, 0.2) is 6.61 Å². The van der Waals surface area contributed by atoms with E-state index in [9.17, 15) is 9.59 Å². The third-order valence-corrected chi connectivity index (χ3v) is 2.64. The molecule has 110 valence electrons. The molecule has 0 radical (unpaired) electrons. The first-order valence-corrected chi connectivity index (χ1v) is 6.38. The standard InChI is InChI=1S/C13H17ClN2O4/c1-15-5-6-16-12(17)8-20-11-4-3-9(14)7-10(11)13(18)19-2/h3-4,7,15H,5-6,8H2,1-2H3,(H,16,17). The number of amides is 1. The number of ether oxygens (including phenoxy) is 2. The van der Waals surface area contributed by atoms with Gasteiger partial charge < -0.3 is 20.1 Å². The van der Waals surface area contributed by atoms with Crippen molar-refractivity contribution in [3.63, 3.8) is 0 Å². The number of halogens is 1. The Morgan fingerprint density at radius 2 is 2.05 bits per heavy atom. The molecule has 2 N–H and O–H groups in total. The maximum Gasteiger partial charge on any atom is 0.341 e. The van der Waals surface area contributed by atoms with E-state index in [1.807, 2.05) is 0 Å². The molecular weight excluding hydrogens is 284 g/mol. The van der Waals surface area contributed by atoms with Crippen molar-refractivity contribution in [2.45, 2.75) is 0 Å². The molecule has 0 saturated heterocycles. The number of esters is 1. The van der Waals surface area contributed by atoms with Crippen LogP contribution in [0, 0.1) is 0 Å². The zero-order valence-corrected chi connectivity index (χ0v) is 12.1. The lowest BCUT2D eigenvalue weighted by molar-refractivity contribution is -0.123. The van der Waals surface area contributed by atoms with Crippen LogP contribution in [0.5, 0.6) is 5.75 Å². The van der Waals surface area contributed by atoms with Crippen molar-refractivity contribution in [3.05, 3.63) is 28.8 Å². The molecule has 7 heteroatoms. The zero-order chi connectivity index (χ0) is 15.0. The summed E-state index contributed by atoms with van der Waals surface area (Å²) in [4.78, 5) is 23.1. The second kappa shape index (κ2) is 8.39.